The van der Waals surface area contributed by atoms with Gasteiger partial charge in [-0.1, -0.05) is 12.1 Å². The number of rotatable bonds is 3. The van der Waals surface area contributed by atoms with Crippen molar-refractivity contribution in [2.45, 2.75) is 31.2 Å². The molecule has 0 unspecified atom stereocenters. The van der Waals surface area contributed by atoms with Crippen LogP contribution < -0.4 is 10.2 Å². The molecule has 1 saturated heterocycles. The SMILES string of the molecule is CN(C)c1cccc(CNC(=O)N2CCC(O)(C(F)(F)F)CC2)c1. The first-order valence-corrected chi connectivity index (χ1v) is 7.70. The fourth-order valence-corrected chi connectivity index (χ4v) is 2.60. The number of likely N-dealkylation sites (tertiary alicyclic amines) is 1. The van der Waals surface area contributed by atoms with Crippen LogP contribution in [0.4, 0.5) is 23.7 Å². The molecule has 5 nitrogen and oxygen atoms in total. The van der Waals surface area contributed by atoms with Crippen molar-refractivity contribution in [2.75, 3.05) is 32.1 Å². The third kappa shape index (κ3) is 4.11. The molecule has 1 fully saturated rings. The molecule has 1 aliphatic rings. The van der Waals surface area contributed by atoms with Gasteiger partial charge in [0.1, 0.15) is 0 Å². The molecule has 24 heavy (non-hydrogen) atoms. The predicted molar refractivity (Wildman–Crippen MR) is 84.8 cm³/mol. The van der Waals surface area contributed by atoms with Gasteiger partial charge in [0.15, 0.2) is 5.60 Å². The Morgan fingerprint density at radius 2 is 1.96 bits per heavy atom. The summed E-state index contributed by atoms with van der Waals surface area (Å²) in [5, 5.41) is 12.3. The number of nitrogens with one attached hydrogen (secondary N) is 1. The van der Waals surface area contributed by atoms with E-state index in [1.54, 1.807) is 0 Å². The van der Waals surface area contributed by atoms with Crippen molar-refractivity contribution in [3.05, 3.63) is 29.8 Å². The predicted octanol–water partition coefficient (Wildman–Crippen LogP) is 2.35. The monoisotopic (exact) mass is 345 g/mol. The molecule has 134 valence electrons. The van der Waals surface area contributed by atoms with Crippen LogP contribution in [0.15, 0.2) is 24.3 Å². The Morgan fingerprint density at radius 3 is 2.50 bits per heavy atom. The first-order valence-electron chi connectivity index (χ1n) is 7.70. The Hall–Kier alpha value is -1.96. The largest absolute Gasteiger partial charge is 0.417 e. The van der Waals surface area contributed by atoms with Crippen molar-refractivity contribution in [3.63, 3.8) is 0 Å². The third-order valence-electron chi connectivity index (χ3n) is 4.28. The van der Waals surface area contributed by atoms with Gasteiger partial charge in [-0.25, -0.2) is 4.79 Å². The maximum atomic E-state index is 12.8. The van der Waals surface area contributed by atoms with Crippen LogP contribution in [0.1, 0.15) is 18.4 Å². The molecule has 2 N–H and O–H groups in total. The number of amides is 2. The van der Waals surface area contributed by atoms with E-state index in [-0.39, 0.29) is 13.1 Å². The summed E-state index contributed by atoms with van der Waals surface area (Å²) in [5.74, 6) is 0. The topological polar surface area (TPSA) is 55.8 Å². The van der Waals surface area contributed by atoms with Crippen molar-refractivity contribution in [3.8, 4) is 0 Å². The lowest BCUT2D eigenvalue weighted by Crippen LogP contribution is -2.55. The quantitative estimate of drug-likeness (QED) is 0.884. The fourth-order valence-electron chi connectivity index (χ4n) is 2.60. The van der Waals surface area contributed by atoms with E-state index < -0.39 is 30.7 Å². The van der Waals surface area contributed by atoms with Gasteiger partial charge in [0.25, 0.3) is 0 Å². The summed E-state index contributed by atoms with van der Waals surface area (Å²) in [6.07, 6.45) is -5.66. The van der Waals surface area contributed by atoms with Gasteiger partial charge in [-0.05, 0) is 17.7 Å². The van der Waals surface area contributed by atoms with Crippen molar-refractivity contribution in [1.82, 2.24) is 10.2 Å². The molecule has 1 aromatic rings. The number of piperidine rings is 1. The van der Waals surface area contributed by atoms with Gasteiger partial charge in [0, 0.05) is 52.3 Å². The third-order valence-corrected chi connectivity index (χ3v) is 4.28. The summed E-state index contributed by atoms with van der Waals surface area (Å²) in [5.41, 5.74) is -0.794. The average molecular weight is 345 g/mol. The molecule has 0 aromatic heterocycles. The molecule has 8 heteroatoms. The Kier molecular flexibility index (Phi) is 5.27. The van der Waals surface area contributed by atoms with Crippen LogP contribution in [0.25, 0.3) is 0 Å². The van der Waals surface area contributed by atoms with E-state index in [1.165, 1.54) is 4.90 Å². The zero-order valence-electron chi connectivity index (χ0n) is 13.7. The molecule has 1 aromatic carbocycles. The summed E-state index contributed by atoms with van der Waals surface area (Å²) < 4.78 is 38.3. The molecule has 0 saturated carbocycles. The molecule has 2 amide bonds. The average Bonchev–Trinajstić information content (AvgIpc) is 2.52. The molecule has 0 radical (unpaired) electrons. The number of benzene rings is 1. The zero-order chi connectivity index (χ0) is 18.0. The Balaban J connectivity index is 1.87. The van der Waals surface area contributed by atoms with Crippen molar-refractivity contribution >= 4 is 11.7 Å². The van der Waals surface area contributed by atoms with E-state index >= 15 is 0 Å². The maximum absolute atomic E-state index is 12.8. The van der Waals surface area contributed by atoms with Crippen LogP contribution in [-0.4, -0.2) is 55.0 Å². The molecular weight excluding hydrogens is 323 g/mol. The second-order valence-electron chi connectivity index (χ2n) is 6.24. The van der Waals surface area contributed by atoms with E-state index in [9.17, 15) is 23.1 Å². The van der Waals surface area contributed by atoms with Crippen molar-refractivity contribution in [1.29, 1.82) is 0 Å². The Labute approximate surface area is 139 Å². The first kappa shape index (κ1) is 18.4. The van der Waals surface area contributed by atoms with Crippen LogP contribution in [0, 0.1) is 0 Å². The summed E-state index contributed by atoms with van der Waals surface area (Å²) in [6, 6.07) is 7.19. The second-order valence-corrected chi connectivity index (χ2v) is 6.24. The Morgan fingerprint density at radius 1 is 1.33 bits per heavy atom. The smallest absolute Gasteiger partial charge is 0.380 e. The van der Waals surface area contributed by atoms with Crippen LogP contribution in [-0.2, 0) is 6.54 Å². The van der Waals surface area contributed by atoms with E-state index in [4.69, 9.17) is 0 Å². The highest BCUT2D eigenvalue weighted by Crippen LogP contribution is 2.38. The molecule has 2 rings (SSSR count). The van der Waals surface area contributed by atoms with Gasteiger partial charge < -0.3 is 20.2 Å². The summed E-state index contributed by atoms with van der Waals surface area (Å²) in [7, 11) is 3.82. The highest BCUT2D eigenvalue weighted by Gasteiger charge is 2.54. The number of hydrogen-bond donors (Lipinski definition) is 2. The molecule has 1 aliphatic heterocycles. The summed E-state index contributed by atoms with van der Waals surface area (Å²) in [4.78, 5) is 15.3. The minimum Gasteiger partial charge on any atom is -0.380 e. The molecule has 1 heterocycles. The van der Waals surface area contributed by atoms with E-state index in [0.717, 1.165) is 11.3 Å². The van der Waals surface area contributed by atoms with Gasteiger partial charge in [-0.2, -0.15) is 13.2 Å². The number of nitrogens with zero attached hydrogens (tertiary/aromatic N) is 2. The highest BCUT2D eigenvalue weighted by molar-refractivity contribution is 5.74. The minimum absolute atomic E-state index is 0.125. The number of carbonyl (C=O) groups excluding carboxylic acids is 1. The van der Waals surface area contributed by atoms with E-state index in [2.05, 4.69) is 5.32 Å². The maximum Gasteiger partial charge on any atom is 0.417 e. The summed E-state index contributed by atoms with van der Waals surface area (Å²) in [6.45, 7) is 0.0414. The van der Waals surface area contributed by atoms with Crippen LogP contribution in [0.3, 0.4) is 0 Å². The molecular formula is C16H22F3N3O2. The van der Waals surface area contributed by atoms with E-state index in [1.807, 2.05) is 43.3 Å². The van der Waals surface area contributed by atoms with Crippen LogP contribution >= 0.6 is 0 Å². The number of urea groups is 1. The zero-order valence-corrected chi connectivity index (χ0v) is 13.7. The lowest BCUT2D eigenvalue weighted by atomic mass is 9.91. The van der Waals surface area contributed by atoms with Gasteiger partial charge in [-0.15, -0.1) is 0 Å². The van der Waals surface area contributed by atoms with Crippen LogP contribution in [0.2, 0.25) is 0 Å². The number of aliphatic hydroxyl groups is 1. The normalized spacial score (nSPS) is 17.5. The van der Waals surface area contributed by atoms with Crippen LogP contribution in [0.5, 0.6) is 0 Å². The minimum atomic E-state index is -4.66. The van der Waals surface area contributed by atoms with Gasteiger partial charge in [-0.3, -0.25) is 0 Å². The molecule has 0 bridgehead atoms. The molecule has 0 atom stereocenters. The van der Waals surface area contributed by atoms with Gasteiger partial charge in [0.05, 0.1) is 0 Å². The summed E-state index contributed by atoms with van der Waals surface area (Å²) >= 11 is 0. The number of anilines is 1. The second kappa shape index (κ2) is 6.88. The Bertz CT molecular complexity index is 582. The van der Waals surface area contributed by atoms with Gasteiger partial charge >= 0.3 is 12.2 Å². The standard InChI is InChI=1S/C16H22F3N3O2/c1-21(2)13-5-3-4-12(10-13)11-20-14(23)22-8-6-15(24,7-9-22)16(17,18)19/h3-5,10,24H,6-9,11H2,1-2H3,(H,20,23). The highest BCUT2D eigenvalue weighted by atomic mass is 19.4. The van der Waals surface area contributed by atoms with Gasteiger partial charge in [0.2, 0.25) is 0 Å². The molecule has 0 spiro atoms. The lowest BCUT2D eigenvalue weighted by Gasteiger charge is -2.39. The van der Waals surface area contributed by atoms with Crippen molar-refractivity contribution in [2.24, 2.45) is 0 Å². The first-order chi connectivity index (χ1) is 11.1. The number of alkyl halides is 3. The molecule has 0 aliphatic carbocycles. The number of hydrogen-bond acceptors (Lipinski definition) is 3. The number of carbonyl (C=O) groups is 1. The van der Waals surface area contributed by atoms with Crippen molar-refractivity contribution < 1.29 is 23.1 Å². The fraction of sp³-hybridized carbons (Fsp3) is 0.562. The van der Waals surface area contributed by atoms with E-state index in [0.29, 0.717) is 6.54 Å². The lowest BCUT2D eigenvalue weighted by molar-refractivity contribution is -0.271. The number of halogens is 3.